The maximum Gasteiger partial charge on any atom is 0.416 e. The molecule has 0 saturated carbocycles. The van der Waals surface area contributed by atoms with Crippen molar-refractivity contribution < 1.29 is 22.8 Å². The quantitative estimate of drug-likeness (QED) is 0.472. The van der Waals surface area contributed by atoms with Gasteiger partial charge in [-0.05, 0) is 42.5 Å². The monoisotopic (exact) mass is 474 g/mol. The third-order valence-corrected chi connectivity index (χ3v) is 5.10. The number of nitrogens with zero attached hydrogens (tertiary/aromatic N) is 3. The van der Waals surface area contributed by atoms with Crippen molar-refractivity contribution in [2.45, 2.75) is 6.18 Å². The molecule has 1 N–H and O–H groups in total. The molecule has 0 spiro atoms. The number of carbonyl (C=O) groups is 1. The van der Waals surface area contributed by atoms with Crippen LogP contribution in [0, 0.1) is 0 Å². The van der Waals surface area contributed by atoms with Crippen LogP contribution in [-0.2, 0) is 6.18 Å². The number of rotatable bonds is 4. The van der Waals surface area contributed by atoms with Gasteiger partial charge in [0, 0.05) is 33.4 Å². The first-order valence-electron chi connectivity index (χ1n) is 9.38. The average Bonchev–Trinajstić information content (AvgIpc) is 2.79. The fourth-order valence-electron chi connectivity index (χ4n) is 3.24. The third-order valence-electron chi connectivity index (χ3n) is 4.77. The summed E-state index contributed by atoms with van der Waals surface area (Å²) in [5.74, 6) is -0.754. The number of nitrogens with one attached hydrogen (secondary N) is 1. The fraction of sp³-hybridized carbons (Fsp3) is 0.0909. The first kappa shape index (κ1) is 22.3. The first-order chi connectivity index (χ1) is 15.7. The lowest BCUT2D eigenvalue weighted by Gasteiger charge is -2.13. The molecule has 0 aliphatic heterocycles. The maximum atomic E-state index is 13.0. The van der Waals surface area contributed by atoms with E-state index in [4.69, 9.17) is 16.4 Å². The number of halogens is 4. The number of pyridine rings is 1. The number of hydrogen-bond acceptors (Lipinski definition) is 5. The zero-order chi connectivity index (χ0) is 23.8. The van der Waals surface area contributed by atoms with Crippen molar-refractivity contribution in [3.8, 4) is 11.1 Å². The summed E-state index contributed by atoms with van der Waals surface area (Å²) in [5, 5.41) is 3.24. The first-order valence-corrected chi connectivity index (χ1v) is 9.75. The van der Waals surface area contributed by atoms with Gasteiger partial charge in [0.25, 0.3) is 11.5 Å². The summed E-state index contributed by atoms with van der Waals surface area (Å²) in [5.41, 5.74) is -0.751. The summed E-state index contributed by atoms with van der Waals surface area (Å²) in [6.45, 7) is 0. The van der Waals surface area contributed by atoms with Crippen LogP contribution in [0.1, 0.15) is 15.9 Å². The van der Waals surface area contributed by atoms with Crippen molar-refractivity contribution in [2.24, 2.45) is 0 Å². The molecule has 1 amide bonds. The van der Waals surface area contributed by atoms with E-state index in [1.165, 1.54) is 50.0 Å². The van der Waals surface area contributed by atoms with Crippen molar-refractivity contribution >= 4 is 34.2 Å². The van der Waals surface area contributed by atoms with Crippen LogP contribution in [0.3, 0.4) is 0 Å². The van der Waals surface area contributed by atoms with Gasteiger partial charge in [-0.25, -0.2) is 9.97 Å². The van der Waals surface area contributed by atoms with E-state index < -0.39 is 23.2 Å². The molecule has 2 aromatic carbocycles. The molecule has 168 valence electrons. The van der Waals surface area contributed by atoms with Gasteiger partial charge in [0.2, 0.25) is 0 Å². The minimum atomic E-state index is -4.58. The van der Waals surface area contributed by atoms with Crippen LogP contribution in [-0.4, -0.2) is 27.7 Å². The molecule has 0 saturated heterocycles. The predicted molar refractivity (Wildman–Crippen MR) is 116 cm³/mol. The largest absolute Gasteiger partial charge is 0.416 e. The Labute approximate surface area is 189 Å². The minimum Gasteiger partial charge on any atom is -0.412 e. The van der Waals surface area contributed by atoms with Gasteiger partial charge in [0.1, 0.15) is 13.4 Å². The molecule has 0 radical (unpaired) electrons. The molecule has 2 heterocycles. The van der Waals surface area contributed by atoms with Gasteiger partial charge in [-0.15, -0.1) is 4.73 Å². The molecular formula is C22H14ClF3N4O3. The van der Waals surface area contributed by atoms with Crippen molar-refractivity contribution in [3.63, 3.8) is 0 Å². The molecule has 11 heteroatoms. The molecular weight excluding hydrogens is 461 g/mol. The number of aromatic nitrogens is 3. The number of amides is 1. The SMILES string of the molecule is COn1c(=O)c(-c2cc(NC(=O)c3cccc(C(F)(F)F)c3)ccc2Cl)cc2cncnc21. The topological polar surface area (TPSA) is 86.1 Å². The Bertz CT molecular complexity index is 1440. The molecule has 0 fully saturated rings. The van der Waals surface area contributed by atoms with Gasteiger partial charge in [0.15, 0.2) is 5.65 Å². The van der Waals surface area contributed by atoms with E-state index in [1.54, 1.807) is 0 Å². The number of carbonyl (C=O) groups excluding carboxylic acids is 1. The second-order valence-electron chi connectivity index (χ2n) is 6.87. The van der Waals surface area contributed by atoms with E-state index in [2.05, 4.69) is 15.3 Å². The van der Waals surface area contributed by atoms with E-state index in [0.717, 1.165) is 22.9 Å². The molecule has 33 heavy (non-hydrogen) atoms. The number of alkyl halides is 3. The Hall–Kier alpha value is -3.92. The smallest absolute Gasteiger partial charge is 0.412 e. The Morgan fingerprint density at radius 2 is 1.91 bits per heavy atom. The van der Waals surface area contributed by atoms with Crippen molar-refractivity contribution in [2.75, 3.05) is 12.4 Å². The fourth-order valence-corrected chi connectivity index (χ4v) is 3.46. The van der Waals surface area contributed by atoms with Crippen LogP contribution in [0.2, 0.25) is 5.02 Å². The molecule has 7 nitrogen and oxygen atoms in total. The number of anilines is 1. The summed E-state index contributed by atoms with van der Waals surface area (Å²) in [6.07, 6.45) is -1.81. The van der Waals surface area contributed by atoms with E-state index in [1.807, 2.05) is 0 Å². The normalized spacial score (nSPS) is 11.4. The summed E-state index contributed by atoms with van der Waals surface area (Å²) < 4.78 is 39.9. The lowest BCUT2D eigenvalue weighted by Crippen LogP contribution is -2.27. The zero-order valence-corrected chi connectivity index (χ0v) is 17.6. The second-order valence-corrected chi connectivity index (χ2v) is 7.28. The molecule has 0 aliphatic rings. The Kier molecular flexibility index (Phi) is 5.77. The molecule has 4 aromatic rings. The highest BCUT2D eigenvalue weighted by molar-refractivity contribution is 6.33. The van der Waals surface area contributed by atoms with Crippen molar-refractivity contribution in [3.05, 3.63) is 87.6 Å². The van der Waals surface area contributed by atoms with Gasteiger partial charge in [0.05, 0.1) is 11.1 Å². The molecule has 0 unspecified atom stereocenters. The highest BCUT2D eigenvalue weighted by Crippen LogP contribution is 2.31. The summed E-state index contributed by atoms with van der Waals surface area (Å²) in [6, 6.07) is 9.95. The Balaban J connectivity index is 1.74. The van der Waals surface area contributed by atoms with E-state index in [0.29, 0.717) is 5.39 Å². The molecule has 4 rings (SSSR count). The van der Waals surface area contributed by atoms with Crippen molar-refractivity contribution in [1.29, 1.82) is 0 Å². The van der Waals surface area contributed by atoms with Crippen LogP contribution in [0.4, 0.5) is 18.9 Å². The van der Waals surface area contributed by atoms with Gasteiger partial charge in [-0.1, -0.05) is 17.7 Å². The maximum absolute atomic E-state index is 13.0. The highest BCUT2D eigenvalue weighted by Gasteiger charge is 2.31. The average molecular weight is 475 g/mol. The zero-order valence-electron chi connectivity index (χ0n) is 16.9. The summed E-state index contributed by atoms with van der Waals surface area (Å²) in [7, 11) is 1.31. The van der Waals surface area contributed by atoms with E-state index in [-0.39, 0.29) is 33.0 Å². The standard InChI is InChI=1S/C22H14ClF3N4O3/c1-33-30-19-13(10-27-11-28-19)8-17(21(30)32)16-9-15(5-6-18(16)23)29-20(31)12-3-2-4-14(7-12)22(24,25)26/h2-11H,1H3,(H,29,31). The minimum absolute atomic E-state index is 0.152. The molecule has 2 aromatic heterocycles. The van der Waals surface area contributed by atoms with Crippen LogP contribution < -0.4 is 15.7 Å². The Morgan fingerprint density at radius 1 is 1.12 bits per heavy atom. The van der Waals surface area contributed by atoms with E-state index in [9.17, 15) is 22.8 Å². The van der Waals surface area contributed by atoms with Crippen LogP contribution in [0.5, 0.6) is 0 Å². The Morgan fingerprint density at radius 3 is 2.64 bits per heavy atom. The van der Waals surface area contributed by atoms with Gasteiger partial charge in [-0.3, -0.25) is 9.59 Å². The van der Waals surface area contributed by atoms with Crippen LogP contribution in [0.15, 0.2) is 65.8 Å². The lowest BCUT2D eigenvalue weighted by molar-refractivity contribution is -0.137. The number of hydrogen-bond donors (Lipinski definition) is 1. The van der Waals surface area contributed by atoms with Crippen molar-refractivity contribution in [1.82, 2.24) is 14.7 Å². The van der Waals surface area contributed by atoms with Crippen LogP contribution >= 0.6 is 11.6 Å². The van der Waals surface area contributed by atoms with Gasteiger partial charge >= 0.3 is 6.18 Å². The highest BCUT2D eigenvalue weighted by atomic mass is 35.5. The number of benzene rings is 2. The number of fused-ring (bicyclic) bond motifs is 1. The van der Waals surface area contributed by atoms with Gasteiger partial charge in [-0.2, -0.15) is 13.2 Å². The van der Waals surface area contributed by atoms with Gasteiger partial charge < -0.3 is 10.2 Å². The van der Waals surface area contributed by atoms with Crippen LogP contribution in [0.25, 0.3) is 22.2 Å². The summed E-state index contributed by atoms with van der Waals surface area (Å²) in [4.78, 5) is 38.7. The van der Waals surface area contributed by atoms with E-state index >= 15 is 0 Å². The molecule has 0 bridgehead atoms. The predicted octanol–water partition coefficient (Wildman–Crippen LogP) is 4.44. The second kappa shape index (κ2) is 8.55. The lowest BCUT2D eigenvalue weighted by atomic mass is 10.0. The third kappa shape index (κ3) is 4.37. The molecule has 0 atom stereocenters. The molecule has 0 aliphatic carbocycles. The summed E-state index contributed by atoms with van der Waals surface area (Å²) >= 11 is 6.32.